The number of hydrogen-bond donors (Lipinski definition) is 1. The van der Waals surface area contributed by atoms with Gasteiger partial charge in [-0.25, -0.2) is 4.68 Å². The van der Waals surface area contributed by atoms with Gasteiger partial charge in [0.05, 0.1) is 24.9 Å². The lowest BCUT2D eigenvalue weighted by molar-refractivity contribution is 0.0948. The van der Waals surface area contributed by atoms with Crippen LogP contribution in [-0.2, 0) is 13.1 Å². The monoisotopic (exact) mass is 332 g/mol. The van der Waals surface area contributed by atoms with Gasteiger partial charge in [0.1, 0.15) is 11.3 Å². The Hall–Kier alpha value is -3.41. The van der Waals surface area contributed by atoms with Crippen LogP contribution in [0.25, 0.3) is 11.0 Å². The number of aromatic nitrogens is 3. The highest BCUT2D eigenvalue weighted by Crippen LogP contribution is 2.13. The second kappa shape index (κ2) is 6.60. The molecule has 4 rings (SSSR count). The Morgan fingerprint density at radius 1 is 1.04 bits per heavy atom. The molecule has 25 heavy (non-hydrogen) atoms. The Morgan fingerprint density at radius 3 is 2.68 bits per heavy atom. The summed E-state index contributed by atoms with van der Waals surface area (Å²) in [5.41, 5.74) is 3.52. The Morgan fingerprint density at radius 2 is 1.88 bits per heavy atom. The molecule has 6 heteroatoms. The summed E-state index contributed by atoms with van der Waals surface area (Å²) < 4.78 is 7.05. The maximum atomic E-state index is 12.2. The fraction of sp³-hybridized carbons (Fsp3) is 0.105. The van der Waals surface area contributed by atoms with E-state index in [2.05, 4.69) is 15.6 Å². The van der Waals surface area contributed by atoms with Gasteiger partial charge >= 0.3 is 0 Å². The van der Waals surface area contributed by atoms with Crippen LogP contribution in [0.15, 0.2) is 71.3 Å². The first kappa shape index (κ1) is 15.1. The van der Waals surface area contributed by atoms with Crippen LogP contribution in [0.2, 0.25) is 0 Å². The summed E-state index contributed by atoms with van der Waals surface area (Å²) >= 11 is 0. The molecule has 6 nitrogen and oxygen atoms in total. The number of benzene rings is 2. The van der Waals surface area contributed by atoms with Gasteiger partial charge in [0, 0.05) is 5.56 Å². The molecule has 0 aliphatic carbocycles. The number of furan rings is 1. The zero-order chi connectivity index (χ0) is 17.1. The van der Waals surface area contributed by atoms with Crippen molar-refractivity contribution in [2.75, 3.05) is 0 Å². The summed E-state index contributed by atoms with van der Waals surface area (Å²) in [6, 6.07) is 18.9. The molecular weight excluding hydrogens is 316 g/mol. The SMILES string of the molecule is O=C(NCc1ccco1)c1ccc(Cn2nnc3ccccc32)cc1. The van der Waals surface area contributed by atoms with E-state index in [9.17, 15) is 4.79 Å². The van der Waals surface area contributed by atoms with Crippen LogP contribution in [0.3, 0.4) is 0 Å². The summed E-state index contributed by atoms with van der Waals surface area (Å²) in [6.45, 7) is 0.980. The zero-order valence-electron chi connectivity index (χ0n) is 13.4. The quantitative estimate of drug-likeness (QED) is 0.610. The minimum Gasteiger partial charge on any atom is -0.467 e. The Kier molecular flexibility index (Phi) is 4.00. The van der Waals surface area contributed by atoms with E-state index in [1.807, 2.05) is 59.3 Å². The zero-order valence-corrected chi connectivity index (χ0v) is 13.4. The number of fused-ring (bicyclic) bond motifs is 1. The highest BCUT2D eigenvalue weighted by Gasteiger charge is 2.08. The van der Waals surface area contributed by atoms with Crippen LogP contribution >= 0.6 is 0 Å². The molecule has 0 saturated heterocycles. The van der Waals surface area contributed by atoms with Gasteiger partial charge in [0.15, 0.2) is 0 Å². The van der Waals surface area contributed by atoms with E-state index in [4.69, 9.17) is 4.42 Å². The van der Waals surface area contributed by atoms with Crippen molar-refractivity contribution >= 4 is 16.9 Å². The minimum absolute atomic E-state index is 0.130. The van der Waals surface area contributed by atoms with Crippen LogP contribution in [0, 0.1) is 0 Å². The molecule has 0 saturated carbocycles. The molecule has 0 spiro atoms. The molecule has 0 atom stereocenters. The third-order valence-electron chi connectivity index (χ3n) is 3.97. The maximum absolute atomic E-state index is 12.2. The number of carbonyl (C=O) groups excluding carboxylic acids is 1. The van der Waals surface area contributed by atoms with Crippen molar-refractivity contribution in [3.8, 4) is 0 Å². The van der Waals surface area contributed by atoms with Crippen molar-refractivity contribution in [1.82, 2.24) is 20.3 Å². The largest absolute Gasteiger partial charge is 0.467 e. The van der Waals surface area contributed by atoms with Gasteiger partial charge in [-0.05, 0) is 42.0 Å². The standard InChI is InChI=1S/C19H16N4O2/c24-19(20-12-16-4-3-11-25-16)15-9-7-14(8-10-15)13-23-18-6-2-1-5-17(18)21-22-23/h1-11H,12-13H2,(H,20,24). The Labute approximate surface area is 144 Å². The molecule has 1 amide bonds. The van der Waals surface area contributed by atoms with Crippen molar-refractivity contribution in [2.45, 2.75) is 13.1 Å². The molecule has 4 aromatic rings. The second-order valence-electron chi connectivity index (χ2n) is 5.69. The maximum Gasteiger partial charge on any atom is 0.251 e. The van der Waals surface area contributed by atoms with Gasteiger partial charge < -0.3 is 9.73 Å². The van der Waals surface area contributed by atoms with Gasteiger partial charge in [-0.15, -0.1) is 5.10 Å². The summed E-state index contributed by atoms with van der Waals surface area (Å²) in [5.74, 6) is 0.595. The molecule has 0 aliphatic rings. The Balaban J connectivity index is 1.43. The lowest BCUT2D eigenvalue weighted by Gasteiger charge is -2.06. The van der Waals surface area contributed by atoms with Crippen LogP contribution in [-0.4, -0.2) is 20.9 Å². The minimum atomic E-state index is -0.130. The average Bonchev–Trinajstić information content (AvgIpc) is 3.31. The molecule has 1 N–H and O–H groups in total. The lowest BCUT2D eigenvalue weighted by Crippen LogP contribution is -2.22. The van der Waals surface area contributed by atoms with Crippen molar-refractivity contribution in [2.24, 2.45) is 0 Å². The molecule has 0 radical (unpaired) electrons. The Bertz CT molecular complexity index is 988. The fourth-order valence-corrected chi connectivity index (χ4v) is 2.65. The highest BCUT2D eigenvalue weighted by atomic mass is 16.3. The van der Waals surface area contributed by atoms with E-state index in [-0.39, 0.29) is 5.91 Å². The van der Waals surface area contributed by atoms with E-state index >= 15 is 0 Å². The number of para-hydroxylation sites is 1. The number of rotatable bonds is 5. The van der Waals surface area contributed by atoms with E-state index in [0.717, 1.165) is 22.4 Å². The van der Waals surface area contributed by atoms with Crippen LogP contribution in [0.4, 0.5) is 0 Å². The normalized spacial score (nSPS) is 10.9. The summed E-state index contributed by atoms with van der Waals surface area (Å²) in [4.78, 5) is 12.2. The van der Waals surface area contributed by atoms with Gasteiger partial charge in [0.2, 0.25) is 0 Å². The summed E-state index contributed by atoms with van der Waals surface area (Å²) in [6.07, 6.45) is 1.59. The van der Waals surface area contributed by atoms with Crippen molar-refractivity contribution in [3.63, 3.8) is 0 Å². The smallest absolute Gasteiger partial charge is 0.251 e. The number of nitrogens with one attached hydrogen (secondary N) is 1. The van der Waals surface area contributed by atoms with Crippen molar-refractivity contribution in [1.29, 1.82) is 0 Å². The predicted molar refractivity (Wildman–Crippen MR) is 93.0 cm³/mol. The third kappa shape index (κ3) is 3.28. The van der Waals surface area contributed by atoms with Gasteiger partial charge in [-0.1, -0.05) is 29.5 Å². The molecular formula is C19H16N4O2. The summed E-state index contributed by atoms with van der Waals surface area (Å²) in [5, 5.41) is 11.2. The predicted octanol–water partition coefficient (Wildman–Crippen LogP) is 3.00. The number of hydrogen-bond acceptors (Lipinski definition) is 4. The molecule has 0 fully saturated rings. The van der Waals surface area contributed by atoms with Crippen molar-refractivity contribution in [3.05, 3.63) is 83.8 Å². The summed E-state index contributed by atoms with van der Waals surface area (Å²) in [7, 11) is 0. The lowest BCUT2D eigenvalue weighted by atomic mass is 10.1. The first-order valence-electron chi connectivity index (χ1n) is 7.97. The molecule has 0 unspecified atom stereocenters. The van der Waals surface area contributed by atoms with Crippen LogP contribution < -0.4 is 5.32 Å². The first-order valence-corrected chi connectivity index (χ1v) is 7.97. The van der Waals surface area contributed by atoms with E-state index in [1.54, 1.807) is 12.3 Å². The van der Waals surface area contributed by atoms with Gasteiger partial charge in [-0.3, -0.25) is 4.79 Å². The number of amides is 1. The van der Waals surface area contributed by atoms with E-state index in [1.165, 1.54) is 0 Å². The number of carbonyl (C=O) groups is 1. The fourth-order valence-electron chi connectivity index (χ4n) is 2.65. The van der Waals surface area contributed by atoms with Crippen LogP contribution in [0.5, 0.6) is 0 Å². The van der Waals surface area contributed by atoms with Gasteiger partial charge in [-0.2, -0.15) is 0 Å². The van der Waals surface area contributed by atoms with E-state index < -0.39 is 0 Å². The average molecular weight is 332 g/mol. The molecule has 0 bridgehead atoms. The third-order valence-corrected chi connectivity index (χ3v) is 3.97. The molecule has 0 aliphatic heterocycles. The second-order valence-corrected chi connectivity index (χ2v) is 5.69. The molecule has 2 aromatic carbocycles. The molecule has 2 heterocycles. The number of nitrogens with zero attached hydrogens (tertiary/aromatic N) is 3. The highest BCUT2D eigenvalue weighted by molar-refractivity contribution is 5.94. The van der Waals surface area contributed by atoms with E-state index in [0.29, 0.717) is 18.7 Å². The van der Waals surface area contributed by atoms with Crippen molar-refractivity contribution < 1.29 is 9.21 Å². The molecule has 124 valence electrons. The van der Waals surface area contributed by atoms with Crippen LogP contribution in [0.1, 0.15) is 21.7 Å². The first-order chi connectivity index (χ1) is 12.3. The topological polar surface area (TPSA) is 73.0 Å². The van der Waals surface area contributed by atoms with Gasteiger partial charge in [0.25, 0.3) is 5.91 Å². The molecule has 2 aromatic heterocycles.